The molecule has 1 saturated carbocycles. The Kier molecular flexibility index (Phi) is 3.46. The van der Waals surface area contributed by atoms with Crippen LogP contribution in [0.1, 0.15) is 52.9 Å². The number of carbonyl (C=O) groups excluding carboxylic acids is 1. The molecule has 1 aromatic heterocycles. The van der Waals surface area contributed by atoms with Crippen molar-refractivity contribution in [1.29, 1.82) is 0 Å². The molecule has 1 amide bonds. The fourth-order valence-corrected chi connectivity index (χ4v) is 3.23. The molecule has 0 bridgehead atoms. The quantitative estimate of drug-likeness (QED) is 0.940. The van der Waals surface area contributed by atoms with Crippen LogP contribution in [-0.4, -0.2) is 34.0 Å². The Morgan fingerprint density at radius 2 is 2.08 bits per heavy atom. The lowest BCUT2D eigenvalue weighted by Gasteiger charge is -2.23. The summed E-state index contributed by atoms with van der Waals surface area (Å²) >= 11 is 0. The number of hydrogen-bond acceptors (Lipinski definition) is 4. The minimum atomic E-state index is -1.16. The van der Waals surface area contributed by atoms with Crippen LogP contribution in [0.4, 0.5) is 4.39 Å². The third-order valence-corrected chi connectivity index (χ3v) is 4.85. The number of aryl methyl sites for hydroxylation is 1. The number of carbonyl (C=O) groups is 1. The van der Waals surface area contributed by atoms with Crippen molar-refractivity contribution in [3.05, 3.63) is 53.0 Å². The second-order valence-corrected chi connectivity index (χ2v) is 6.76. The molecule has 24 heavy (non-hydrogen) atoms. The van der Waals surface area contributed by atoms with E-state index in [9.17, 15) is 14.3 Å². The summed E-state index contributed by atoms with van der Waals surface area (Å²) in [6.45, 7) is 2.35. The van der Waals surface area contributed by atoms with Crippen LogP contribution in [0.3, 0.4) is 0 Å². The summed E-state index contributed by atoms with van der Waals surface area (Å²) in [5.74, 6) is 0.659. The molecule has 0 radical (unpaired) electrons. The molecule has 2 aliphatic rings. The van der Waals surface area contributed by atoms with Gasteiger partial charge >= 0.3 is 0 Å². The van der Waals surface area contributed by atoms with Crippen LogP contribution < -0.4 is 0 Å². The van der Waals surface area contributed by atoms with Crippen molar-refractivity contribution in [2.75, 3.05) is 13.1 Å². The van der Waals surface area contributed by atoms with Crippen molar-refractivity contribution in [3.63, 3.8) is 0 Å². The summed E-state index contributed by atoms with van der Waals surface area (Å²) < 4.78 is 18.7. The van der Waals surface area contributed by atoms with Gasteiger partial charge in [-0.3, -0.25) is 4.79 Å². The molecular weight excluding hydrogens is 311 g/mol. The maximum atomic E-state index is 13.1. The Hall–Kier alpha value is -2.21. The van der Waals surface area contributed by atoms with Crippen molar-refractivity contribution >= 4 is 5.91 Å². The van der Waals surface area contributed by atoms with E-state index < -0.39 is 5.60 Å². The van der Waals surface area contributed by atoms with Gasteiger partial charge in [0.2, 0.25) is 5.76 Å². The smallest absolute Gasteiger partial charge is 0.291 e. The van der Waals surface area contributed by atoms with Crippen LogP contribution in [0.2, 0.25) is 0 Å². The number of aliphatic hydroxyl groups is 1. The van der Waals surface area contributed by atoms with Gasteiger partial charge in [0.25, 0.3) is 5.91 Å². The first-order chi connectivity index (χ1) is 11.5. The third-order valence-electron chi connectivity index (χ3n) is 4.85. The Labute approximate surface area is 139 Å². The lowest BCUT2D eigenvalue weighted by atomic mass is 9.93. The molecule has 1 aromatic carbocycles. The second kappa shape index (κ2) is 5.41. The summed E-state index contributed by atoms with van der Waals surface area (Å²) in [6, 6.07) is 5.77. The minimum Gasteiger partial charge on any atom is -0.435 e. The summed E-state index contributed by atoms with van der Waals surface area (Å²) in [5, 5.41) is 10.8. The monoisotopic (exact) mass is 330 g/mol. The summed E-state index contributed by atoms with van der Waals surface area (Å²) in [5.41, 5.74) is 0.0580. The van der Waals surface area contributed by atoms with Gasteiger partial charge in [0.05, 0.1) is 12.2 Å². The fourth-order valence-electron chi connectivity index (χ4n) is 3.23. The number of halogens is 1. The number of aromatic nitrogens is 1. The van der Waals surface area contributed by atoms with Crippen molar-refractivity contribution < 1.29 is 18.7 Å². The minimum absolute atomic E-state index is 0.163. The van der Waals surface area contributed by atoms with Gasteiger partial charge in [-0.25, -0.2) is 9.37 Å². The number of rotatable bonds is 3. The Morgan fingerprint density at radius 3 is 2.75 bits per heavy atom. The van der Waals surface area contributed by atoms with Gasteiger partial charge in [-0.2, -0.15) is 0 Å². The molecule has 1 unspecified atom stereocenters. The maximum Gasteiger partial charge on any atom is 0.291 e. The molecule has 0 spiro atoms. The average molecular weight is 330 g/mol. The maximum absolute atomic E-state index is 13.1. The molecule has 1 saturated heterocycles. The first-order valence-electron chi connectivity index (χ1n) is 8.21. The normalized spacial score (nSPS) is 23.7. The Bertz CT molecular complexity index is 782. The van der Waals surface area contributed by atoms with Crippen molar-refractivity contribution in [1.82, 2.24) is 9.88 Å². The predicted octanol–water partition coefficient (Wildman–Crippen LogP) is 2.73. The molecule has 2 heterocycles. The summed E-state index contributed by atoms with van der Waals surface area (Å²) in [7, 11) is 0. The zero-order chi connectivity index (χ0) is 16.9. The van der Waals surface area contributed by atoms with Crippen LogP contribution in [0.5, 0.6) is 0 Å². The van der Waals surface area contributed by atoms with E-state index in [1.807, 2.05) is 0 Å². The highest BCUT2D eigenvalue weighted by Crippen LogP contribution is 2.40. The molecule has 5 nitrogen and oxygen atoms in total. The van der Waals surface area contributed by atoms with E-state index in [0.29, 0.717) is 36.0 Å². The first-order valence-corrected chi connectivity index (χ1v) is 8.21. The molecule has 6 heteroatoms. The molecule has 1 N–H and O–H groups in total. The summed E-state index contributed by atoms with van der Waals surface area (Å²) in [6.07, 6.45) is 2.52. The van der Waals surface area contributed by atoms with Gasteiger partial charge < -0.3 is 14.4 Å². The van der Waals surface area contributed by atoms with E-state index in [1.54, 1.807) is 24.0 Å². The van der Waals surface area contributed by atoms with Gasteiger partial charge in [-0.15, -0.1) is 0 Å². The van der Waals surface area contributed by atoms with Gasteiger partial charge in [0.15, 0.2) is 5.89 Å². The summed E-state index contributed by atoms with van der Waals surface area (Å²) in [4.78, 5) is 18.6. The molecule has 4 rings (SSSR count). The molecular formula is C18H19FN2O3. The number of hydrogen-bond donors (Lipinski definition) is 1. The van der Waals surface area contributed by atoms with Crippen molar-refractivity contribution in [2.24, 2.45) is 0 Å². The van der Waals surface area contributed by atoms with E-state index in [4.69, 9.17) is 4.42 Å². The SMILES string of the molecule is Cc1nc(C2CC2)oc1C(=O)N1CCC(O)(c2ccc(F)cc2)C1. The Balaban J connectivity index is 1.53. The van der Waals surface area contributed by atoms with E-state index in [1.165, 1.54) is 12.1 Å². The second-order valence-electron chi connectivity index (χ2n) is 6.76. The predicted molar refractivity (Wildman–Crippen MR) is 84.0 cm³/mol. The number of benzene rings is 1. The highest BCUT2D eigenvalue weighted by Gasteiger charge is 2.41. The molecule has 2 aromatic rings. The molecule has 1 aliphatic heterocycles. The number of β-amino-alcohol motifs (C(OH)–C–C–N with tert-alkyl or cyclic N) is 1. The first kappa shape index (κ1) is 15.3. The zero-order valence-corrected chi connectivity index (χ0v) is 13.5. The van der Waals surface area contributed by atoms with E-state index in [2.05, 4.69) is 4.98 Å². The van der Waals surface area contributed by atoms with Gasteiger partial charge in [-0.05, 0) is 43.9 Å². The van der Waals surface area contributed by atoms with Crippen LogP contribution in [-0.2, 0) is 5.60 Å². The molecule has 1 aliphatic carbocycles. The lowest BCUT2D eigenvalue weighted by molar-refractivity contribution is 0.0406. The fraction of sp³-hybridized carbons (Fsp3) is 0.444. The average Bonchev–Trinajstić information content (AvgIpc) is 3.23. The molecule has 1 atom stereocenters. The third kappa shape index (κ3) is 2.60. The van der Waals surface area contributed by atoms with E-state index >= 15 is 0 Å². The van der Waals surface area contributed by atoms with Crippen molar-refractivity contribution in [2.45, 2.75) is 37.7 Å². The largest absolute Gasteiger partial charge is 0.435 e. The number of nitrogens with zero attached hydrogens (tertiary/aromatic N) is 2. The van der Waals surface area contributed by atoms with Crippen LogP contribution >= 0.6 is 0 Å². The molecule has 2 fully saturated rings. The lowest BCUT2D eigenvalue weighted by Crippen LogP contribution is -2.34. The highest BCUT2D eigenvalue weighted by atomic mass is 19.1. The van der Waals surface area contributed by atoms with E-state index in [0.717, 1.165) is 12.8 Å². The topological polar surface area (TPSA) is 66.6 Å². The van der Waals surface area contributed by atoms with Gasteiger partial charge in [-0.1, -0.05) is 12.1 Å². The number of amides is 1. The highest BCUT2D eigenvalue weighted by molar-refractivity contribution is 5.92. The number of oxazole rings is 1. The van der Waals surface area contributed by atoms with Crippen LogP contribution in [0.15, 0.2) is 28.7 Å². The van der Waals surface area contributed by atoms with Crippen LogP contribution in [0.25, 0.3) is 0 Å². The van der Waals surface area contributed by atoms with Crippen molar-refractivity contribution in [3.8, 4) is 0 Å². The number of likely N-dealkylation sites (tertiary alicyclic amines) is 1. The zero-order valence-electron chi connectivity index (χ0n) is 13.5. The van der Waals surface area contributed by atoms with Gasteiger partial charge in [0.1, 0.15) is 11.4 Å². The standard InChI is InChI=1S/C18H19FN2O3/c1-11-15(24-16(20-11)12-2-3-12)17(22)21-9-8-18(23,10-21)13-4-6-14(19)7-5-13/h4-7,12,23H,2-3,8-10H2,1H3. The van der Waals surface area contributed by atoms with Gasteiger partial charge in [0, 0.05) is 12.5 Å². The molecule has 126 valence electrons. The van der Waals surface area contributed by atoms with Crippen LogP contribution in [0, 0.1) is 12.7 Å². The van der Waals surface area contributed by atoms with E-state index in [-0.39, 0.29) is 24.0 Å². The Morgan fingerprint density at radius 1 is 1.38 bits per heavy atom.